The summed E-state index contributed by atoms with van der Waals surface area (Å²) >= 11 is 1.78. The van der Waals surface area contributed by atoms with E-state index in [1.54, 1.807) is 11.3 Å². The van der Waals surface area contributed by atoms with E-state index in [-0.39, 0.29) is 0 Å². The van der Waals surface area contributed by atoms with Gasteiger partial charge in [-0.25, -0.2) is 9.97 Å². The summed E-state index contributed by atoms with van der Waals surface area (Å²) in [5.41, 5.74) is 10.3. The molecule has 0 amide bonds. The summed E-state index contributed by atoms with van der Waals surface area (Å²) in [5.74, 6) is 0. The van der Waals surface area contributed by atoms with Crippen LogP contribution < -0.4 is 0 Å². The van der Waals surface area contributed by atoms with Crippen LogP contribution in [-0.2, 0) is 0 Å². The van der Waals surface area contributed by atoms with Crippen LogP contribution in [0.2, 0.25) is 0 Å². The summed E-state index contributed by atoms with van der Waals surface area (Å²) < 4.78 is 8.93. The van der Waals surface area contributed by atoms with Crippen LogP contribution >= 0.6 is 11.3 Å². The summed E-state index contributed by atoms with van der Waals surface area (Å²) in [6.45, 7) is 0. The fourth-order valence-electron chi connectivity index (χ4n) is 6.84. The highest BCUT2D eigenvalue weighted by Gasteiger charge is 2.21. The fraction of sp³-hybridized carbons (Fsp3) is 0. The van der Waals surface area contributed by atoms with Gasteiger partial charge in [-0.3, -0.25) is 0 Å². The Balaban J connectivity index is 1.26. The molecule has 0 unspecified atom stereocenters. The average molecular weight is 579 g/mol. The van der Waals surface area contributed by atoms with E-state index in [9.17, 15) is 0 Å². The Morgan fingerprint density at radius 2 is 1.14 bits per heavy atom. The van der Waals surface area contributed by atoms with E-state index in [0.29, 0.717) is 0 Å². The van der Waals surface area contributed by atoms with Crippen molar-refractivity contribution in [3.63, 3.8) is 0 Å². The maximum atomic E-state index is 6.55. The third-order valence-corrected chi connectivity index (χ3v) is 10.0. The van der Waals surface area contributed by atoms with Crippen molar-refractivity contribution < 1.29 is 4.42 Å². The summed E-state index contributed by atoms with van der Waals surface area (Å²) in [7, 11) is 0. The van der Waals surface area contributed by atoms with Gasteiger partial charge in [0.05, 0.1) is 21.3 Å². The molecule has 0 N–H and O–H groups in total. The first kappa shape index (κ1) is 23.9. The Morgan fingerprint density at radius 3 is 2.00 bits per heavy atom. The molecule has 0 fully saturated rings. The van der Waals surface area contributed by atoms with Crippen molar-refractivity contribution in [3.8, 4) is 22.3 Å². The lowest BCUT2D eigenvalue weighted by Crippen LogP contribution is -1.91. The van der Waals surface area contributed by atoms with Crippen LogP contribution in [0.5, 0.6) is 0 Å². The summed E-state index contributed by atoms with van der Waals surface area (Å²) in [6, 6.07) is 47.1. The Morgan fingerprint density at radius 1 is 0.455 bits per heavy atom. The van der Waals surface area contributed by atoms with Crippen molar-refractivity contribution in [2.45, 2.75) is 0 Å². The number of rotatable bonds is 2. The Hall–Kier alpha value is -5.58. The zero-order valence-corrected chi connectivity index (χ0v) is 24.2. The second kappa shape index (κ2) is 8.96. The second-order valence-corrected chi connectivity index (χ2v) is 12.4. The number of benzene rings is 6. The van der Waals surface area contributed by atoms with Crippen LogP contribution in [-0.4, -0.2) is 9.97 Å². The molecule has 0 bridgehead atoms. The maximum Gasteiger partial charge on any atom is 0.163 e. The van der Waals surface area contributed by atoms with E-state index >= 15 is 0 Å². The molecule has 0 aliphatic rings. The molecule has 4 heterocycles. The fourth-order valence-corrected chi connectivity index (χ4v) is 8.05. The minimum absolute atomic E-state index is 0.837. The number of hydrogen-bond donors (Lipinski definition) is 0. The Bertz CT molecular complexity index is 2680. The predicted octanol–water partition coefficient (Wildman–Crippen LogP) is 11.5. The lowest BCUT2D eigenvalue weighted by molar-refractivity contribution is 0.670. The normalized spacial score (nSPS) is 12.1. The molecule has 4 aromatic heterocycles. The number of para-hydroxylation sites is 2. The van der Waals surface area contributed by atoms with Gasteiger partial charge in [0.15, 0.2) is 5.58 Å². The lowest BCUT2D eigenvalue weighted by atomic mass is 9.93. The van der Waals surface area contributed by atoms with Gasteiger partial charge < -0.3 is 4.42 Å². The third-order valence-electron chi connectivity index (χ3n) is 8.85. The molecule has 0 atom stereocenters. The van der Waals surface area contributed by atoms with Crippen LogP contribution in [0.3, 0.4) is 0 Å². The molecule has 0 aliphatic heterocycles. The molecular weight excluding hydrogens is 557 g/mol. The average Bonchev–Trinajstić information content (AvgIpc) is 3.64. The minimum Gasteiger partial charge on any atom is -0.454 e. The van der Waals surface area contributed by atoms with E-state index in [0.717, 1.165) is 70.8 Å². The molecule has 0 spiro atoms. The summed E-state index contributed by atoms with van der Waals surface area (Å²) in [5, 5.41) is 6.90. The van der Waals surface area contributed by atoms with Crippen LogP contribution in [0, 0.1) is 0 Å². The summed E-state index contributed by atoms with van der Waals surface area (Å²) in [4.78, 5) is 10.4. The molecule has 0 aliphatic carbocycles. The smallest absolute Gasteiger partial charge is 0.163 e. The third kappa shape index (κ3) is 3.31. The van der Waals surface area contributed by atoms with Crippen molar-refractivity contribution in [3.05, 3.63) is 133 Å². The first-order chi connectivity index (χ1) is 21.8. The Kier molecular flexibility index (Phi) is 4.87. The van der Waals surface area contributed by atoms with Gasteiger partial charge in [-0.2, -0.15) is 0 Å². The molecular formula is C40H22N2OS. The summed E-state index contributed by atoms with van der Waals surface area (Å²) in [6.07, 6.45) is 0. The molecule has 0 radical (unpaired) electrons. The predicted molar refractivity (Wildman–Crippen MR) is 186 cm³/mol. The van der Waals surface area contributed by atoms with Gasteiger partial charge in [0.1, 0.15) is 11.1 Å². The van der Waals surface area contributed by atoms with E-state index in [4.69, 9.17) is 14.4 Å². The van der Waals surface area contributed by atoms with Gasteiger partial charge in [-0.15, -0.1) is 11.3 Å². The maximum absolute atomic E-state index is 6.55. The van der Waals surface area contributed by atoms with Crippen LogP contribution in [0.1, 0.15) is 0 Å². The number of hydrogen-bond acceptors (Lipinski definition) is 4. The van der Waals surface area contributed by atoms with Gasteiger partial charge in [0, 0.05) is 42.8 Å². The van der Waals surface area contributed by atoms with E-state index in [1.165, 1.54) is 26.4 Å². The zero-order valence-electron chi connectivity index (χ0n) is 23.4. The second-order valence-electron chi connectivity index (χ2n) is 11.3. The standard InChI is InChI=1S/C40H22N2OS/c1-2-10-26-23(9-1)21-22-30-34(27-11-3-6-14-31(27)41-36(26)30)24-17-19-25(20-18-24)35-39-37(28-12-4-7-15-32(28)43-39)42-38-29-13-5-8-16-33(29)44-40(35)38/h1-22H. The van der Waals surface area contributed by atoms with Gasteiger partial charge in [0.2, 0.25) is 0 Å². The molecule has 0 saturated heterocycles. The lowest BCUT2D eigenvalue weighted by Gasteiger charge is -2.14. The molecule has 10 rings (SSSR count). The number of fused-ring (bicyclic) bond motifs is 10. The number of pyridine rings is 2. The zero-order chi connectivity index (χ0) is 28.8. The number of nitrogens with zero attached hydrogens (tertiary/aromatic N) is 2. The Labute approximate surface area is 255 Å². The first-order valence-corrected chi connectivity index (χ1v) is 15.6. The van der Waals surface area contributed by atoms with Crippen LogP contribution in [0.25, 0.3) is 97.2 Å². The highest BCUT2D eigenvalue weighted by atomic mass is 32.1. The first-order valence-electron chi connectivity index (χ1n) is 14.8. The van der Waals surface area contributed by atoms with Gasteiger partial charge >= 0.3 is 0 Å². The molecule has 204 valence electrons. The van der Waals surface area contributed by atoms with Crippen LogP contribution in [0.15, 0.2) is 138 Å². The van der Waals surface area contributed by atoms with E-state index < -0.39 is 0 Å². The van der Waals surface area contributed by atoms with Crippen molar-refractivity contribution in [1.82, 2.24) is 9.97 Å². The quantitative estimate of drug-likeness (QED) is 0.151. The largest absolute Gasteiger partial charge is 0.454 e. The highest BCUT2D eigenvalue weighted by molar-refractivity contribution is 7.26. The van der Waals surface area contributed by atoms with Crippen molar-refractivity contribution in [2.75, 3.05) is 0 Å². The number of furan rings is 1. The van der Waals surface area contributed by atoms with Crippen molar-refractivity contribution in [2.24, 2.45) is 0 Å². The van der Waals surface area contributed by atoms with Gasteiger partial charge in [-0.05, 0) is 40.8 Å². The van der Waals surface area contributed by atoms with Crippen molar-refractivity contribution >= 4 is 86.3 Å². The minimum atomic E-state index is 0.837. The highest BCUT2D eigenvalue weighted by Crippen LogP contribution is 2.46. The SMILES string of the molecule is c1ccc2c(c1)ccc1c(-c3ccc(-c4c5oc6ccccc6c5nc5c4sc4ccccc45)cc3)c3ccccc3nc12. The number of aromatic nitrogens is 2. The molecule has 4 heteroatoms. The number of thiophene rings is 1. The van der Waals surface area contributed by atoms with Crippen molar-refractivity contribution in [1.29, 1.82) is 0 Å². The van der Waals surface area contributed by atoms with Crippen LogP contribution in [0.4, 0.5) is 0 Å². The molecule has 10 aromatic rings. The molecule has 0 saturated carbocycles. The monoisotopic (exact) mass is 578 g/mol. The topological polar surface area (TPSA) is 38.9 Å². The molecule has 6 aromatic carbocycles. The van der Waals surface area contributed by atoms with Gasteiger partial charge in [0.25, 0.3) is 0 Å². The molecule has 44 heavy (non-hydrogen) atoms. The van der Waals surface area contributed by atoms with E-state index in [1.807, 2.05) is 12.1 Å². The molecule has 3 nitrogen and oxygen atoms in total. The van der Waals surface area contributed by atoms with E-state index in [2.05, 4.69) is 121 Å². The van der Waals surface area contributed by atoms with Gasteiger partial charge in [-0.1, -0.05) is 109 Å².